The van der Waals surface area contributed by atoms with E-state index in [-0.39, 0.29) is 18.4 Å². The molecule has 1 aromatic carbocycles. The first kappa shape index (κ1) is 18.4. The van der Waals surface area contributed by atoms with Gasteiger partial charge in [0.15, 0.2) is 0 Å². The number of hydrogen-bond acceptors (Lipinski definition) is 3. The van der Waals surface area contributed by atoms with Crippen molar-refractivity contribution in [1.82, 2.24) is 15.2 Å². The fourth-order valence-corrected chi connectivity index (χ4v) is 3.85. The van der Waals surface area contributed by atoms with Crippen molar-refractivity contribution in [1.29, 1.82) is 0 Å². The number of benzene rings is 1. The van der Waals surface area contributed by atoms with Gasteiger partial charge in [-0.05, 0) is 48.2 Å². The van der Waals surface area contributed by atoms with Gasteiger partial charge in [0.25, 0.3) is 0 Å². The van der Waals surface area contributed by atoms with Crippen molar-refractivity contribution in [3.05, 3.63) is 64.4 Å². The minimum absolute atomic E-state index is 0.00281. The first-order valence-corrected chi connectivity index (χ1v) is 9.34. The van der Waals surface area contributed by atoms with E-state index < -0.39 is 12.1 Å². The number of halogens is 1. The molecule has 136 valence electrons. The number of likely N-dealkylation sites (tertiary alicyclic amines) is 1. The van der Waals surface area contributed by atoms with Gasteiger partial charge in [0.1, 0.15) is 0 Å². The third kappa shape index (κ3) is 4.40. The van der Waals surface area contributed by atoms with Crippen LogP contribution in [-0.4, -0.2) is 28.4 Å². The Bertz CT molecular complexity index is 784. The van der Waals surface area contributed by atoms with Crippen LogP contribution in [0, 0.1) is 0 Å². The van der Waals surface area contributed by atoms with Crippen LogP contribution in [0.2, 0.25) is 0 Å². The highest BCUT2D eigenvalue weighted by atomic mass is 79.9. The first-order valence-electron chi connectivity index (χ1n) is 8.55. The molecule has 3 N–H and O–H groups in total. The van der Waals surface area contributed by atoms with Crippen LogP contribution in [0.5, 0.6) is 0 Å². The van der Waals surface area contributed by atoms with Crippen LogP contribution >= 0.6 is 15.9 Å². The van der Waals surface area contributed by atoms with E-state index in [0.717, 1.165) is 28.4 Å². The topological polar surface area (TPSA) is 88.3 Å². The maximum atomic E-state index is 13.0. The predicted octanol–water partition coefficient (Wildman–Crippen LogP) is 3.31. The highest BCUT2D eigenvalue weighted by Gasteiger charge is 2.31. The molecule has 0 saturated carbocycles. The number of aromatic nitrogens is 1. The first-order chi connectivity index (χ1) is 12.5. The van der Waals surface area contributed by atoms with Gasteiger partial charge in [0, 0.05) is 23.4 Å². The molecule has 0 aliphatic carbocycles. The van der Waals surface area contributed by atoms with Gasteiger partial charge >= 0.3 is 6.03 Å². The van der Waals surface area contributed by atoms with Crippen LogP contribution in [0.4, 0.5) is 4.79 Å². The summed E-state index contributed by atoms with van der Waals surface area (Å²) >= 11 is 3.42. The van der Waals surface area contributed by atoms with E-state index in [2.05, 4.69) is 26.2 Å². The second kappa shape index (κ2) is 8.31. The molecular weight excluding hydrogens is 396 g/mol. The van der Waals surface area contributed by atoms with E-state index in [4.69, 9.17) is 5.73 Å². The van der Waals surface area contributed by atoms with Crippen molar-refractivity contribution in [3.8, 4) is 0 Å². The Hall–Kier alpha value is -2.41. The Balaban J connectivity index is 1.77. The van der Waals surface area contributed by atoms with Crippen LogP contribution in [0.1, 0.15) is 42.5 Å². The number of rotatable bonds is 5. The van der Waals surface area contributed by atoms with Crippen molar-refractivity contribution >= 4 is 27.9 Å². The summed E-state index contributed by atoms with van der Waals surface area (Å²) in [6, 6.07) is 10.4. The number of nitrogens with two attached hydrogens (primary N) is 1. The molecule has 7 heteroatoms. The zero-order valence-electron chi connectivity index (χ0n) is 14.3. The van der Waals surface area contributed by atoms with Gasteiger partial charge in [-0.2, -0.15) is 0 Å². The number of hydrogen-bond donors (Lipinski definition) is 2. The lowest BCUT2D eigenvalue weighted by Crippen LogP contribution is -2.38. The van der Waals surface area contributed by atoms with Crippen LogP contribution in [0.25, 0.3) is 0 Å². The van der Waals surface area contributed by atoms with Crippen LogP contribution in [0.3, 0.4) is 0 Å². The van der Waals surface area contributed by atoms with Gasteiger partial charge in [-0.1, -0.05) is 28.1 Å². The number of nitrogens with one attached hydrogen (secondary N) is 1. The van der Waals surface area contributed by atoms with Crippen molar-refractivity contribution in [3.63, 3.8) is 0 Å². The zero-order valence-corrected chi connectivity index (χ0v) is 15.9. The summed E-state index contributed by atoms with van der Waals surface area (Å²) < 4.78 is 0.884. The molecular formula is C19H21BrN4O2. The molecule has 3 rings (SSSR count). The maximum absolute atomic E-state index is 13.0. The fourth-order valence-electron chi connectivity index (χ4n) is 3.44. The maximum Gasteiger partial charge on any atom is 0.312 e. The summed E-state index contributed by atoms with van der Waals surface area (Å²) in [6.45, 7) is 0.716. The molecule has 0 spiro atoms. The largest absolute Gasteiger partial charge is 0.352 e. The second-order valence-corrected chi connectivity index (χ2v) is 7.26. The smallest absolute Gasteiger partial charge is 0.312 e. The molecule has 3 amide bonds. The Labute approximate surface area is 160 Å². The van der Waals surface area contributed by atoms with Crippen LogP contribution in [0.15, 0.2) is 53.3 Å². The zero-order chi connectivity index (χ0) is 18.5. The lowest BCUT2D eigenvalue weighted by molar-refractivity contribution is -0.132. The normalized spacial score (nSPS) is 17.7. The van der Waals surface area contributed by atoms with Gasteiger partial charge in [0.2, 0.25) is 5.91 Å². The summed E-state index contributed by atoms with van der Waals surface area (Å²) in [5.41, 5.74) is 7.25. The summed E-state index contributed by atoms with van der Waals surface area (Å²) in [5, 5.41) is 2.69. The quantitative estimate of drug-likeness (QED) is 0.783. The van der Waals surface area contributed by atoms with E-state index in [1.54, 1.807) is 12.4 Å². The number of carbonyl (C=O) groups excluding carboxylic acids is 2. The van der Waals surface area contributed by atoms with E-state index in [0.29, 0.717) is 6.54 Å². The SMILES string of the molecule is NC(=O)N[C@H](CC(=O)N1CCC[C@@H]1c1ccncc1)c1cccc(Br)c1. The van der Waals surface area contributed by atoms with E-state index >= 15 is 0 Å². The summed E-state index contributed by atoms with van der Waals surface area (Å²) in [5.74, 6) is 0.00281. The number of urea groups is 1. The second-order valence-electron chi connectivity index (χ2n) is 6.35. The molecule has 1 aromatic heterocycles. The third-order valence-corrected chi connectivity index (χ3v) is 5.10. The molecule has 2 atom stereocenters. The molecule has 0 unspecified atom stereocenters. The molecule has 6 nitrogen and oxygen atoms in total. The fraction of sp³-hybridized carbons (Fsp3) is 0.316. The number of carbonyl (C=O) groups is 2. The summed E-state index contributed by atoms with van der Waals surface area (Å²) in [7, 11) is 0. The van der Waals surface area contributed by atoms with Gasteiger partial charge < -0.3 is 16.0 Å². The van der Waals surface area contributed by atoms with Crippen molar-refractivity contribution in [2.24, 2.45) is 5.73 Å². The average Bonchev–Trinajstić information content (AvgIpc) is 3.11. The lowest BCUT2D eigenvalue weighted by atomic mass is 10.0. The van der Waals surface area contributed by atoms with Crippen molar-refractivity contribution in [2.45, 2.75) is 31.3 Å². The van der Waals surface area contributed by atoms with Crippen molar-refractivity contribution in [2.75, 3.05) is 6.54 Å². The van der Waals surface area contributed by atoms with Gasteiger partial charge in [-0.15, -0.1) is 0 Å². The minimum Gasteiger partial charge on any atom is -0.352 e. The van der Waals surface area contributed by atoms with Crippen molar-refractivity contribution < 1.29 is 9.59 Å². The molecule has 2 heterocycles. The van der Waals surface area contributed by atoms with Gasteiger partial charge in [-0.25, -0.2) is 4.79 Å². The molecule has 2 aromatic rings. The molecule has 26 heavy (non-hydrogen) atoms. The van der Waals surface area contributed by atoms with Gasteiger partial charge in [0.05, 0.1) is 18.5 Å². The lowest BCUT2D eigenvalue weighted by Gasteiger charge is -2.27. The highest BCUT2D eigenvalue weighted by Crippen LogP contribution is 2.33. The molecule has 0 bridgehead atoms. The Morgan fingerprint density at radius 1 is 1.31 bits per heavy atom. The van der Waals surface area contributed by atoms with Crippen LogP contribution < -0.4 is 11.1 Å². The monoisotopic (exact) mass is 416 g/mol. The van der Waals surface area contributed by atoms with E-state index in [1.165, 1.54) is 0 Å². The summed E-state index contributed by atoms with van der Waals surface area (Å²) in [6.07, 6.45) is 5.55. The molecule has 1 aliphatic heterocycles. The molecule has 1 saturated heterocycles. The van der Waals surface area contributed by atoms with E-state index in [9.17, 15) is 9.59 Å². The standard InChI is InChI=1S/C19H21BrN4O2/c20-15-4-1-3-14(11-15)16(23-19(21)26)12-18(25)24-10-2-5-17(24)13-6-8-22-9-7-13/h1,3-4,6-9,11,16-17H,2,5,10,12H2,(H3,21,23,26)/t16-,17-/m1/s1. The predicted molar refractivity (Wildman–Crippen MR) is 102 cm³/mol. The number of primary amides is 1. The average molecular weight is 417 g/mol. The number of pyridine rings is 1. The minimum atomic E-state index is -0.644. The molecule has 0 radical (unpaired) electrons. The number of amides is 3. The molecule has 1 fully saturated rings. The molecule has 1 aliphatic rings. The van der Waals surface area contributed by atoms with Gasteiger partial charge in [-0.3, -0.25) is 9.78 Å². The Morgan fingerprint density at radius 2 is 2.08 bits per heavy atom. The Kier molecular flexibility index (Phi) is 5.88. The third-order valence-electron chi connectivity index (χ3n) is 4.61. The number of nitrogens with zero attached hydrogens (tertiary/aromatic N) is 2. The van der Waals surface area contributed by atoms with E-state index in [1.807, 2.05) is 41.3 Å². The van der Waals surface area contributed by atoms with Crippen LogP contribution in [-0.2, 0) is 4.79 Å². The highest BCUT2D eigenvalue weighted by molar-refractivity contribution is 9.10. The summed E-state index contributed by atoms with van der Waals surface area (Å²) in [4.78, 5) is 30.3. The Morgan fingerprint density at radius 3 is 2.77 bits per heavy atom.